The van der Waals surface area contributed by atoms with Crippen molar-refractivity contribution in [3.63, 3.8) is 0 Å². The molecule has 2 atom stereocenters. The number of nitrogens with two attached hydrogens (primary N) is 1. The lowest BCUT2D eigenvalue weighted by atomic mass is 9.45. The van der Waals surface area contributed by atoms with E-state index in [-0.39, 0.29) is 0 Å². The topological polar surface area (TPSA) is 26.0 Å². The van der Waals surface area contributed by atoms with Gasteiger partial charge in [-0.05, 0) is 42.9 Å². The van der Waals surface area contributed by atoms with Crippen molar-refractivity contribution in [2.45, 2.75) is 58.8 Å². The van der Waals surface area contributed by atoms with Gasteiger partial charge in [-0.25, -0.2) is 0 Å². The molecule has 2 N–H and O–H groups in total. The number of allylic oxidation sites excluding steroid dienone is 1. The maximum Gasteiger partial charge on any atom is 0.00374 e. The van der Waals surface area contributed by atoms with Crippen LogP contribution in [-0.2, 0) is 0 Å². The Bertz CT molecular complexity index is 333. The molecule has 4 rings (SSSR count). The van der Waals surface area contributed by atoms with Gasteiger partial charge in [-0.15, -0.1) is 0 Å². The number of rotatable bonds is 2. The third kappa shape index (κ3) is 1.54. The van der Waals surface area contributed by atoms with E-state index < -0.39 is 0 Å². The quantitative estimate of drug-likeness (QED) is 0.719. The maximum atomic E-state index is 6.20. The summed E-state index contributed by atoms with van der Waals surface area (Å²) in [4.78, 5) is 0. The molecule has 0 radical (unpaired) electrons. The second kappa shape index (κ2) is 3.85. The van der Waals surface area contributed by atoms with Crippen molar-refractivity contribution in [3.05, 3.63) is 11.6 Å². The van der Waals surface area contributed by atoms with Gasteiger partial charge in [-0.1, -0.05) is 44.8 Å². The van der Waals surface area contributed by atoms with Crippen LogP contribution < -0.4 is 5.73 Å². The van der Waals surface area contributed by atoms with Crippen molar-refractivity contribution in [1.82, 2.24) is 0 Å². The van der Waals surface area contributed by atoms with E-state index >= 15 is 0 Å². The third-order valence-electron chi connectivity index (χ3n) is 6.28. The van der Waals surface area contributed by atoms with Gasteiger partial charge in [-0.3, -0.25) is 0 Å². The highest BCUT2D eigenvalue weighted by atomic mass is 14.7. The molecule has 0 amide bonds. The van der Waals surface area contributed by atoms with E-state index in [4.69, 9.17) is 5.73 Å². The van der Waals surface area contributed by atoms with Gasteiger partial charge < -0.3 is 5.73 Å². The molecule has 0 aromatic heterocycles. The fourth-order valence-corrected chi connectivity index (χ4v) is 4.78. The summed E-state index contributed by atoms with van der Waals surface area (Å²) < 4.78 is 0. The summed E-state index contributed by atoms with van der Waals surface area (Å²) in [5.41, 5.74) is 8.92. The minimum Gasteiger partial charge on any atom is -0.330 e. The predicted molar refractivity (Wildman–Crippen MR) is 72.7 cm³/mol. The standard InChI is InChI=1S/C16H27N/c1-15(2)12-6-7-13(14(15)10-12)16(11-17)8-4-3-5-9-16/h7,12,14H,3-6,8-11,17H2,1-2H3. The Morgan fingerprint density at radius 3 is 2.47 bits per heavy atom. The summed E-state index contributed by atoms with van der Waals surface area (Å²) in [5.74, 6) is 1.80. The maximum absolute atomic E-state index is 6.20. The number of hydrogen-bond acceptors (Lipinski definition) is 1. The van der Waals surface area contributed by atoms with E-state index in [0.717, 1.165) is 18.4 Å². The van der Waals surface area contributed by atoms with Gasteiger partial charge in [0.05, 0.1) is 0 Å². The Labute approximate surface area is 106 Å². The summed E-state index contributed by atoms with van der Waals surface area (Å²) in [6.45, 7) is 5.84. The van der Waals surface area contributed by atoms with Crippen molar-refractivity contribution in [2.75, 3.05) is 6.54 Å². The lowest BCUT2D eigenvalue weighted by Gasteiger charge is -2.60. The first kappa shape index (κ1) is 11.8. The van der Waals surface area contributed by atoms with Crippen LogP contribution in [0.15, 0.2) is 11.6 Å². The molecule has 0 spiro atoms. The Morgan fingerprint density at radius 2 is 1.94 bits per heavy atom. The average Bonchev–Trinajstić information content (AvgIpc) is 2.39. The van der Waals surface area contributed by atoms with Crippen LogP contribution in [0.5, 0.6) is 0 Å². The van der Waals surface area contributed by atoms with Crippen LogP contribution in [0.1, 0.15) is 58.8 Å². The lowest BCUT2D eigenvalue weighted by molar-refractivity contribution is -0.0251. The number of fused-ring (bicyclic) bond motifs is 1. The summed E-state index contributed by atoms with van der Waals surface area (Å²) >= 11 is 0. The van der Waals surface area contributed by atoms with Gasteiger partial charge in [0.2, 0.25) is 0 Å². The summed E-state index contributed by atoms with van der Waals surface area (Å²) in [6.07, 6.45) is 12.3. The minimum absolute atomic E-state index is 0.394. The van der Waals surface area contributed by atoms with Crippen LogP contribution in [0.25, 0.3) is 0 Å². The van der Waals surface area contributed by atoms with Crippen molar-refractivity contribution < 1.29 is 0 Å². The first-order chi connectivity index (χ1) is 8.10. The first-order valence-electron chi connectivity index (χ1n) is 7.51. The SMILES string of the molecule is CC1(C)C2CC=C(C3(CN)CCCCC3)C1C2. The summed E-state index contributed by atoms with van der Waals surface area (Å²) in [7, 11) is 0. The van der Waals surface area contributed by atoms with Gasteiger partial charge >= 0.3 is 0 Å². The average molecular weight is 233 g/mol. The van der Waals surface area contributed by atoms with Crippen LogP contribution in [0.2, 0.25) is 0 Å². The van der Waals surface area contributed by atoms with E-state index in [1.54, 1.807) is 5.57 Å². The molecule has 2 fully saturated rings. The molecule has 2 unspecified atom stereocenters. The molecule has 17 heavy (non-hydrogen) atoms. The zero-order valence-corrected chi connectivity index (χ0v) is 11.5. The second-order valence-corrected chi connectivity index (χ2v) is 7.25. The van der Waals surface area contributed by atoms with Crippen molar-refractivity contribution in [1.29, 1.82) is 0 Å². The molecule has 0 heterocycles. The van der Waals surface area contributed by atoms with E-state index in [1.165, 1.54) is 44.9 Å². The van der Waals surface area contributed by atoms with Gasteiger partial charge in [-0.2, -0.15) is 0 Å². The van der Waals surface area contributed by atoms with Crippen molar-refractivity contribution in [2.24, 2.45) is 28.4 Å². The Hall–Kier alpha value is -0.300. The molecule has 2 bridgehead atoms. The molecule has 4 aliphatic rings. The van der Waals surface area contributed by atoms with Crippen molar-refractivity contribution >= 4 is 0 Å². The van der Waals surface area contributed by atoms with Crippen LogP contribution >= 0.6 is 0 Å². The molecule has 0 aromatic rings. The zero-order chi connectivity index (χ0) is 12.1. The highest BCUT2D eigenvalue weighted by Crippen LogP contribution is 2.63. The molecule has 2 saturated carbocycles. The largest absolute Gasteiger partial charge is 0.330 e. The molecular formula is C16H27N. The lowest BCUT2D eigenvalue weighted by Crippen LogP contribution is -2.52. The Balaban J connectivity index is 1.90. The molecule has 1 heteroatoms. The zero-order valence-electron chi connectivity index (χ0n) is 11.5. The summed E-state index contributed by atoms with van der Waals surface area (Å²) in [5, 5.41) is 0. The van der Waals surface area contributed by atoms with Gasteiger partial charge in [0.15, 0.2) is 0 Å². The van der Waals surface area contributed by atoms with E-state index in [2.05, 4.69) is 19.9 Å². The minimum atomic E-state index is 0.394. The number of hydrogen-bond donors (Lipinski definition) is 1. The predicted octanol–water partition coefficient (Wildman–Crippen LogP) is 3.89. The molecule has 1 nitrogen and oxygen atoms in total. The Kier molecular flexibility index (Phi) is 2.66. The molecule has 0 aromatic carbocycles. The molecular weight excluding hydrogens is 206 g/mol. The highest BCUT2D eigenvalue weighted by molar-refractivity contribution is 5.30. The van der Waals surface area contributed by atoms with Crippen LogP contribution in [0.3, 0.4) is 0 Å². The Morgan fingerprint density at radius 1 is 1.24 bits per heavy atom. The van der Waals surface area contributed by atoms with Gasteiger partial charge in [0, 0.05) is 12.0 Å². The van der Waals surface area contributed by atoms with E-state index in [0.29, 0.717) is 10.8 Å². The van der Waals surface area contributed by atoms with Crippen molar-refractivity contribution in [3.8, 4) is 0 Å². The molecule has 0 aliphatic heterocycles. The van der Waals surface area contributed by atoms with E-state index in [1.807, 2.05) is 0 Å². The normalized spacial score (nSPS) is 38.2. The molecule has 0 saturated heterocycles. The smallest absolute Gasteiger partial charge is 0.00374 e. The fourth-order valence-electron chi connectivity index (χ4n) is 4.78. The van der Waals surface area contributed by atoms with Gasteiger partial charge in [0.1, 0.15) is 0 Å². The summed E-state index contributed by atoms with van der Waals surface area (Å²) in [6, 6.07) is 0. The van der Waals surface area contributed by atoms with E-state index in [9.17, 15) is 0 Å². The second-order valence-electron chi connectivity index (χ2n) is 7.25. The highest BCUT2D eigenvalue weighted by Gasteiger charge is 2.55. The van der Waals surface area contributed by atoms with Crippen LogP contribution in [0, 0.1) is 22.7 Å². The molecule has 4 aliphatic carbocycles. The third-order valence-corrected chi connectivity index (χ3v) is 6.28. The molecule has 96 valence electrons. The fraction of sp³-hybridized carbons (Fsp3) is 0.875. The monoisotopic (exact) mass is 233 g/mol. The van der Waals surface area contributed by atoms with Crippen LogP contribution in [0.4, 0.5) is 0 Å². The van der Waals surface area contributed by atoms with Crippen LogP contribution in [-0.4, -0.2) is 6.54 Å². The first-order valence-corrected chi connectivity index (χ1v) is 7.51. The van der Waals surface area contributed by atoms with Gasteiger partial charge in [0.25, 0.3) is 0 Å².